The molecule has 2 aromatic heterocycles. The van der Waals surface area contributed by atoms with Crippen LogP contribution in [0.25, 0.3) is 0 Å². The Bertz CT molecular complexity index is 612. The standard InChI is InChI=1S/C15H17N3O3/c1-11-9-14(17-21-11)15(19)18-8-2-3-13(10-18)20-12-4-6-16-7-5-12/h4-7,9,13H,2-3,8,10H2,1H3. The average Bonchev–Trinajstić information content (AvgIpc) is 2.94. The minimum atomic E-state index is -0.102. The molecule has 1 amide bonds. The number of piperidine rings is 1. The number of nitrogens with zero attached hydrogens (tertiary/aromatic N) is 3. The second kappa shape index (κ2) is 5.95. The number of rotatable bonds is 3. The van der Waals surface area contributed by atoms with Gasteiger partial charge in [-0.2, -0.15) is 0 Å². The molecule has 0 aromatic carbocycles. The van der Waals surface area contributed by atoms with E-state index in [9.17, 15) is 4.79 Å². The highest BCUT2D eigenvalue weighted by molar-refractivity contribution is 5.92. The molecule has 1 atom stereocenters. The molecule has 1 saturated heterocycles. The molecule has 1 aliphatic rings. The molecule has 3 rings (SSSR count). The summed E-state index contributed by atoms with van der Waals surface area (Å²) in [7, 11) is 0. The van der Waals surface area contributed by atoms with Crippen molar-refractivity contribution in [2.75, 3.05) is 13.1 Å². The van der Waals surface area contributed by atoms with Gasteiger partial charge in [0, 0.05) is 25.0 Å². The van der Waals surface area contributed by atoms with Crippen molar-refractivity contribution in [2.24, 2.45) is 0 Å². The van der Waals surface area contributed by atoms with E-state index in [0.29, 0.717) is 18.0 Å². The highest BCUT2D eigenvalue weighted by Crippen LogP contribution is 2.19. The summed E-state index contributed by atoms with van der Waals surface area (Å²) in [6.45, 7) is 3.06. The van der Waals surface area contributed by atoms with E-state index in [0.717, 1.165) is 25.1 Å². The van der Waals surface area contributed by atoms with Gasteiger partial charge in [0.1, 0.15) is 17.6 Å². The van der Waals surface area contributed by atoms with Crippen LogP contribution in [0.1, 0.15) is 29.1 Å². The smallest absolute Gasteiger partial charge is 0.276 e. The lowest BCUT2D eigenvalue weighted by atomic mass is 10.1. The van der Waals surface area contributed by atoms with Gasteiger partial charge in [-0.3, -0.25) is 9.78 Å². The Morgan fingerprint density at radius 1 is 1.43 bits per heavy atom. The van der Waals surface area contributed by atoms with Crippen molar-refractivity contribution in [1.29, 1.82) is 0 Å². The Morgan fingerprint density at radius 3 is 2.95 bits per heavy atom. The molecule has 2 aromatic rings. The number of pyridine rings is 1. The molecule has 0 N–H and O–H groups in total. The van der Waals surface area contributed by atoms with Crippen LogP contribution in [0.15, 0.2) is 35.1 Å². The molecule has 1 aliphatic heterocycles. The van der Waals surface area contributed by atoms with Gasteiger partial charge in [0.05, 0.1) is 6.54 Å². The quantitative estimate of drug-likeness (QED) is 0.864. The van der Waals surface area contributed by atoms with E-state index in [-0.39, 0.29) is 12.0 Å². The number of aryl methyl sites for hydroxylation is 1. The summed E-state index contributed by atoms with van der Waals surface area (Å²) in [5, 5.41) is 3.78. The maximum absolute atomic E-state index is 12.3. The lowest BCUT2D eigenvalue weighted by Gasteiger charge is -2.32. The van der Waals surface area contributed by atoms with E-state index in [2.05, 4.69) is 10.1 Å². The van der Waals surface area contributed by atoms with Crippen molar-refractivity contribution < 1.29 is 14.1 Å². The Labute approximate surface area is 122 Å². The van der Waals surface area contributed by atoms with Crippen LogP contribution in [0, 0.1) is 6.92 Å². The number of carbonyl (C=O) groups is 1. The average molecular weight is 287 g/mol. The number of carbonyl (C=O) groups excluding carboxylic acids is 1. The van der Waals surface area contributed by atoms with Crippen LogP contribution in [-0.4, -0.2) is 40.1 Å². The number of amides is 1. The highest BCUT2D eigenvalue weighted by atomic mass is 16.5. The van der Waals surface area contributed by atoms with Crippen molar-refractivity contribution in [1.82, 2.24) is 15.0 Å². The molecular formula is C15H17N3O3. The second-order valence-electron chi connectivity index (χ2n) is 5.14. The summed E-state index contributed by atoms with van der Waals surface area (Å²) in [5.74, 6) is 1.32. The predicted molar refractivity (Wildman–Crippen MR) is 75.0 cm³/mol. The summed E-state index contributed by atoms with van der Waals surface area (Å²) >= 11 is 0. The van der Waals surface area contributed by atoms with Gasteiger partial charge in [0.2, 0.25) is 0 Å². The third kappa shape index (κ3) is 3.21. The van der Waals surface area contributed by atoms with E-state index in [1.54, 1.807) is 30.3 Å². The van der Waals surface area contributed by atoms with E-state index < -0.39 is 0 Å². The fourth-order valence-corrected chi connectivity index (χ4v) is 2.46. The van der Waals surface area contributed by atoms with Gasteiger partial charge in [0.15, 0.2) is 5.69 Å². The molecule has 0 radical (unpaired) electrons. The van der Waals surface area contributed by atoms with Crippen molar-refractivity contribution in [3.05, 3.63) is 42.0 Å². The topological polar surface area (TPSA) is 68.5 Å². The zero-order valence-corrected chi connectivity index (χ0v) is 11.9. The summed E-state index contributed by atoms with van der Waals surface area (Å²) < 4.78 is 10.9. The molecule has 0 aliphatic carbocycles. The number of ether oxygens (including phenoxy) is 1. The minimum Gasteiger partial charge on any atom is -0.488 e. The minimum absolute atomic E-state index is 0.00176. The summed E-state index contributed by atoms with van der Waals surface area (Å²) in [4.78, 5) is 18.1. The zero-order valence-electron chi connectivity index (χ0n) is 11.9. The van der Waals surface area contributed by atoms with Gasteiger partial charge >= 0.3 is 0 Å². The molecular weight excluding hydrogens is 270 g/mol. The van der Waals surface area contributed by atoms with Crippen LogP contribution < -0.4 is 4.74 Å². The summed E-state index contributed by atoms with van der Waals surface area (Å²) in [5.41, 5.74) is 0.358. The van der Waals surface area contributed by atoms with Crippen molar-refractivity contribution >= 4 is 5.91 Å². The highest BCUT2D eigenvalue weighted by Gasteiger charge is 2.27. The van der Waals surface area contributed by atoms with E-state index in [1.807, 2.05) is 12.1 Å². The molecule has 0 spiro atoms. The van der Waals surface area contributed by atoms with E-state index in [4.69, 9.17) is 9.26 Å². The fourth-order valence-electron chi connectivity index (χ4n) is 2.46. The van der Waals surface area contributed by atoms with Gasteiger partial charge in [-0.25, -0.2) is 0 Å². The van der Waals surface area contributed by atoms with Crippen LogP contribution >= 0.6 is 0 Å². The Kier molecular flexibility index (Phi) is 3.85. The number of likely N-dealkylation sites (tertiary alicyclic amines) is 1. The first kappa shape index (κ1) is 13.6. The Hall–Kier alpha value is -2.37. The SMILES string of the molecule is Cc1cc(C(=O)N2CCCC(Oc3ccncc3)C2)no1. The third-order valence-corrected chi connectivity index (χ3v) is 3.46. The van der Waals surface area contributed by atoms with Gasteiger partial charge in [-0.1, -0.05) is 5.16 Å². The summed E-state index contributed by atoms with van der Waals surface area (Å²) in [6.07, 6.45) is 5.24. The van der Waals surface area contributed by atoms with Gasteiger partial charge in [-0.05, 0) is 31.9 Å². The van der Waals surface area contributed by atoms with Crippen LogP contribution in [0.5, 0.6) is 5.75 Å². The number of hydrogen-bond acceptors (Lipinski definition) is 5. The predicted octanol–water partition coefficient (Wildman–Crippen LogP) is 2.06. The van der Waals surface area contributed by atoms with E-state index in [1.165, 1.54) is 0 Å². The molecule has 3 heterocycles. The molecule has 21 heavy (non-hydrogen) atoms. The molecule has 6 nitrogen and oxygen atoms in total. The van der Waals surface area contributed by atoms with Crippen LogP contribution in [0.4, 0.5) is 0 Å². The van der Waals surface area contributed by atoms with Crippen LogP contribution in [0.3, 0.4) is 0 Å². The molecule has 1 fully saturated rings. The van der Waals surface area contributed by atoms with Crippen molar-refractivity contribution in [3.8, 4) is 5.75 Å². The van der Waals surface area contributed by atoms with Gasteiger partial charge < -0.3 is 14.2 Å². The monoisotopic (exact) mass is 287 g/mol. The largest absolute Gasteiger partial charge is 0.488 e. The Morgan fingerprint density at radius 2 is 2.24 bits per heavy atom. The molecule has 0 saturated carbocycles. The third-order valence-electron chi connectivity index (χ3n) is 3.46. The zero-order chi connectivity index (χ0) is 14.7. The van der Waals surface area contributed by atoms with Crippen LogP contribution in [-0.2, 0) is 0 Å². The van der Waals surface area contributed by atoms with E-state index >= 15 is 0 Å². The van der Waals surface area contributed by atoms with Crippen LogP contribution in [0.2, 0.25) is 0 Å². The molecule has 0 bridgehead atoms. The lowest BCUT2D eigenvalue weighted by molar-refractivity contribution is 0.0528. The fraction of sp³-hybridized carbons (Fsp3) is 0.400. The lowest BCUT2D eigenvalue weighted by Crippen LogP contribution is -2.44. The Balaban J connectivity index is 1.64. The molecule has 110 valence electrons. The second-order valence-corrected chi connectivity index (χ2v) is 5.14. The van der Waals surface area contributed by atoms with Gasteiger partial charge in [-0.15, -0.1) is 0 Å². The first-order valence-corrected chi connectivity index (χ1v) is 7.01. The normalized spacial score (nSPS) is 18.5. The maximum Gasteiger partial charge on any atom is 0.276 e. The number of hydrogen-bond donors (Lipinski definition) is 0. The first-order valence-electron chi connectivity index (χ1n) is 7.01. The molecule has 1 unspecified atom stereocenters. The molecule has 6 heteroatoms. The van der Waals surface area contributed by atoms with Gasteiger partial charge in [0.25, 0.3) is 5.91 Å². The summed E-state index contributed by atoms with van der Waals surface area (Å²) in [6, 6.07) is 5.30. The number of aromatic nitrogens is 2. The van der Waals surface area contributed by atoms with Crippen molar-refractivity contribution in [3.63, 3.8) is 0 Å². The first-order chi connectivity index (χ1) is 10.2. The van der Waals surface area contributed by atoms with Crippen molar-refractivity contribution in [2.45, 2.75) is 25.9 Å². The maximum atomic E-state index is 12.3.